The van der Waals surface area contributed by atoms with E-state index in [9.17, 15) is 4.79 Å². The van der Waals surface area contributed by atoms with Crippen LogP contribution in [0.4, 0.5) is 5.69 Å². The van der Waals surface area contributed by atoms with E-state index in [0.717, 1.165) is 5.69 Å². The summed E-state index contributed by atoms with van der Waals surface area (Å²) < 4.78 is 0. The van der Waals surface area contributed by atoms with E-state index in [1.165, 1.54) is 32.1 Å². The van der Waals surface area contributed by atoms with Gasteiger partial charge in [0.2, 0.25) is 0 Å². The van der Waals surface area contributed by atoms with Crippen LogP contribution in [0.3, 0.4) is 0 Å². The number of amides is 1. The molecule has 19 heavy (non-hydrogen) atoms. The van der Waals surface area contributed by atoms with Gasteiger partial charge in [-0.05, 0) is 30.9 Å². The molecule has 0 atom stereocenters. The quantitative estimate of drug-likeness (QED) is 0.631. The first kappa shape index (κ1) is 13.6. The lowest BCUT2D eigenvalue weighted by atomic mass is 9.90. The van der Waals surface area contributed by atoms with Crippen molar-refractivity contribution < 1.29 is 4.79 Å². The van der Waals surface area contributed by atoms with Crippen LogP contribution >= 0.6 is 0 Å². The van der Waals surface area contributed by atoms with Crippen molar-refractivity contribution >= 4 is 17.8 Å². The van der Waals surface area contributed by atoms with Crippen LogP contribution in [0.2, 0.25) is 0 Å². The Morgan fingerprint density at radius 1 is 1.21 bits per heavy atom. The second-order valence-electron chi connectivity index (χ2n) is 4.93. The largest absolute Gasteiger partial charge is 0.376 e. The second kappa shape index (κ2) is 7.56. The summed E-state index contributed by atoms with van der Waals surface area (Å²) in [6, 6.07) is 9.67. The number of hydrogen-bond acceptors (Lipinski definition) is 3. The van der Waals surface area contributed by atoms with Crippen LogP contribution in [0.1, 0.15) is 32.1 Å². The first-order valence-corrected chi connectivity index (χ1v) is 6.95. The molecule has 0 radical (unpaired) electrons. The normalized spacial score (nSPS) is 16.4. The van der Waals surface area contributed by atoms with Crippen LogP contribution in [0.5, 0.6) is 0 Å². The fraction of sp³-hybridized carbons (Fsp3) is 0.467. The van der Waals surface area contributed by atoms with Crippen molar-refractivity contribution in [2.75, 3.05) is 11.9 Å². The summed E-state index contributed by atoms with van der Waals surface area (Å²) in [6.07, 6.45) is 8.17. The number of para-hydroxylation sites is 1. The van der Waals surface area contributed by atoms with Crippen molar-refractivity contribution in [2.24, 2.45) is 11.0 Å². The van der Waals surface area contributed by atoms with Gasteiger partial charge in [-0.1, -0.05) is 37.5 Å². The summed E-state index contributed by atoms with van der Waals surface area (Å²) in [6.45, 7) is 0.242. The molecule has 4 nitrogen and oxygen atoms in total. The highest BCUT2D eigenvalue weighted by molar-refractivity contribution is 5.81. The molecule has 2 rings (SSSR count). The van der Waals surface area contributed by atoms with Crippen molar-refractivity contribution in [3.8, 4) is 0 Å². The van der Waals surface area contributed by atoms with Crippen LogP contribution in [0, 0.1) is 5.92 Å². The predicted octanol–water partition coefficient (Wildman–Crippen LogP) is 2.78. The van der Waals surface area contributed by atoms with E-state index >= 15 is 0 Å². The van der Waals surface area contributed by atoms with E-state index in [0.29, 0.717) is 5.92 Å². The number of anilines is 1. The van der Waals surface area contributed by atoms with E-state index in [1.807, 2.05) is 36.5 Å². The molecule has 0 heterocycles. The van der Waals surface area contributed by atoms with Gasteiger partial charge in [-0.2, -0.15) is 5.10 Å². The van der Waals surface area contributed by atoms with Crippen LogP contribution in [-0.2, 0) is 4.79 Å². The first-order valence-electron chi connectivity index (χ1n) is 6.95. The number of rotatable bonds is 5. The highest BCUT2D eigenvalue weighted by Gasteiger charge is 2.10. The summed E-state index contributed by atoms with van der Waals surface area (Å²) in [5.74, 6) is 0.423. The molecule has 0 saturated heterocycles. The molecule has 1 aromatic carbocycles. The highest BCUT2D eigenvalue weighted by atomic mass is 16.2. The topological polar surface area (TPSA) is 53.5 Å². The molecule has 0 aromatic heterocycles. The fourth-order valence-corrected chi connectivity index (χ4v) is 2.28. The molecule has 102 valence electrons. The van der Waals surface area contributed by atoms with Crippen LogP contribution in [0.15, 0.2) is 35.4 Å². The Hall–Kier alpha value is -1.84. The van der Waals surface area contributed by atoms with Crippen molar-refractivity contribution in [1.82, 2.24) is 5.43 Å². The Morgan fingerprint density at radius 3 is 2.68 bits per heavy atom. The van der Waals surface area contributed by atoms with E-state index in [1.54, 1.807) is 0 Å². The Balaban J connectivity index is 1.65. The Morgan fingerprint density at radius 2 is 1.95 bits per heavy atom. The molecule has 1 amide bonds. The van der Waals surface area contributed by atoms with Gasteiger partial charge in [-0.15, -0.1) is 0 Å². The van der Waals surface area contributed by atoms with Crippen molar-refractivity contribution in [3.63, 3.8) is 0 Å². The zero-order valence-corrected chi connectivity index (χ0v) is 11.1. The number of nitrogens with one attached hydrogen (secondary N) is 2. The molecular formula is C15H21N3O. The molecule has 2 N–H and O–H groups in total. The fourth-order valence-electron chi connectivity index (χ4n) is 2.28. The molecule has 1 aliphatic rings. The lowest BCUT2D eigenvalue weighted by Gasteiger charge is -2.16. The number of hydrazone groups is 1. The van der Waals surface area contributed by atoms with E-state index in [-0.39, 0.29) is 12.5 Å². The molecule has 1 fully saturated rings. The van der Waals surface area contributed by atoms with Crippen LogP contribution < -0.4 is 10.7 Å². The number of benzene rings is 1. The predicted molar refractivity (Wildman–Crippen MR) is 78.1 cm³/mol. The van der Waals surface area contributed by atoms with Crippen LogP contribution in [0.25, 0.3) is 0 Å². The summed E-state index contributed by atoms with van der Waals surface area (Å²) in [5, 5.41) is 7.09. The standard InChI is InChI=1S/C15H21N3O/c19-15(12-16-14-9-5-2-6-10-14)18-17-11-13-7-3-1-4-8-13/h2,5-6,9-11,13,16H,1,3-4,7-8,12H2,(H,18,19)/b17-11-. The van der Waals surface area contributed by atoms with Crippen molar-refractivity contribution in [2.45, 2.75) is 32.1 Å². The lowest BCUT2D eigenvalue weighted by molar-refractivity contribution is -0.119. The molecule has 0 aliphatic heterocycles. The summed E-state index contributed by atoms with van der Waals surface area (Å²) in [7, 11) is 0. The third-order valence-electron chi connectivity index (χ3n) is 3.35. The van der Waals surface area contributed by atoms with E-state index in [2.05, 4.69) is 15.8 Å². The van der Waals surface area contributed by atoms with Gasteiger partial charge in [0.1, 0.15) is 0 Å². The molecule has 0 unspecified atom stereocenters. The zero-order valence-electron chi connectivity index (χ0n) is 11.1. The monoisotopic (exact) mass is 259 g/mol. The molecule has 0 bridgehead atoms. The second-order valence-corrected chi connectivity index (χ2v) is 4.93. The molecule has 1 aromatic rings. The first-order chi connectivity index (χ1) is 9.34. The Bertz CT molecular complexity index is 411. The zero-order chi connectivity index (χ0) is 13.3. The number of carbonyl (C=O) groups is 1. The van der Waals surface area contributed by atoms with Gasteiger partial charge < -0.3 is 5.32 Å². The average Bonchev–Trinajstić information content (AvgIpc) is 2.47. The number of carbonyl (C=O) groups excluding carboxylic acids is 1. The molecule has 1 saturated carbocycles. The van der Waals surface area contributed by atoms with E-state index in [4.69, 9.17) is 0 Å². The minimum atomic E-state index is -0.115. The third kappa shape index (κ3) is 5.12. The lowest BCUT2D eigenvalue weighted by Crippen LogP contribution is -2.26. The summed E-state index contributed by atoms with van der Waals surface area (Å²) in [4.78, 5) is 11.6. The minimum absolute atomic E-state index is 0.115. The molecule has 1 aliphatic carbocycles. The Kier molecular flexibility index (Phi) is 5.41. The van der Waals surface area contributed by atoms with Gasteiger partial charge in [0, 0.05) is 11.9 Å². The smallest absolute Gasteiger partial charge is 0.259 e. The van der Waals surface area contributed by atoms with Gasteiger partial charge in [-0.25, -0.2) is 5.43 Å². The maximum absolute atomic E-state index is 11.6. The van der Waals surface area contributed by atoms with Gasteiger partial charge in [-0.3, -0.25) is 4.79 Å². The minimum Gasteiger partial charge on any atom is -0.376 e. The molecule has 4 heteroatoms. The highest BCUT2D eigenvalue weighted by Crippen LogP contribution is 2.21. The van der Waals surface area contributed by atoms with E-state index < -0.39 is 0 Å². The maximum Gasteiger partial charge on any atom is 0.259 e. The number of nitrogens with zero attached hydrogens (tertiary/aromatic N) is 1. The Labute approximate surface area is 114 Å². The van der Waals surface area contributed by atoms with Gasteiger partial charge >= 0.3 is 0 Å². The van der Waals surface area contributed by atoms with Gasteiger partial charge in [0.05, 0.1) is 6.54 Å². The summed E-state index contributed by atoms with van der Waals surface area (Å²) >= 11 is 0. The molecular weight excluding hydrogens is 238 g/mol. The van der Waals surface area contributed by atoms with Crippen LogP contribution in [-0.4, -0.2) is 18.7 Å². The van der Waals surface area contributed by atoms with Crippen molar-refractivity contribution in [1.29, 1.82) is 0 Å². The summed E-state index contributed by atoms with van der Waals surface area (Å²) in [5.41, 5.74) is 3.51. The van der Waals surface area contributed by atoms with Crippen molar-refractivity contribution in [3.05, 3.63) is 30.3 Å². The third-order valence-corrected chi connectivity index (χ3v) is 3.35. The SMILES string of the molecule is O=C(CNc1ccccc1)N/N=C\C1CCCCC1. The average molecular weight is 259 g/mol. The molecule has 0 spiro atoms. The maximum atomic E-state index is 11.6. The van der Waals surface area contributed by atoms with Gasteiger partial charge in [0.15, 0.2) is 0 Å². The number of hydrogen-bond donors (Lipinski definition) is 2. The van der Waals surface area contributed by atoms with Gasteiger partial charge in [0.25, 0.3) is 5.91 Å².